The fourth-order valence-electron chi connectivity index (χ4n) is 1.95. The van der Waals surface area contributed by atoms with E-state index in [1.54, 1.807) is 24.6 Å². The number of hydrogen-bond acceptors (Lipinski definition) is 3. The van der Waals surface area contributed by atoms with Crippen molar-refractivity contribution in [3.05, 3.63) is 60.0 Å². The highest BCUT2D eigenvalue weighted by Crippen LogP contribution is 2.34. The van der Waals surface area contributed by atoms with E-state index >= 15 is 0 Å². The molecule has 0 aliphatic carbocycles. The SMILES string of the molecule is O=C(O)C1=CN2C(=CC=Nc3ccccc32)C=C1. The number of anilines is 1. The smallest absolute Gasteiger partial charge is 0.337 e. The first kappa shape index (κ1) is 10.5. The van der Waals surface area contributed by atoms with Crippen LogP contribution in [0.2, 0.25) is 0 Å². The minimum atomic E-state index is -0.937. The van der Waals surface area contributed by atoms with Gasteiger partial charge in [0, 0.05) is 18.1 Å². The molecule has 1 aromatic carbocycles. The molecule has 2 aliphatic heterocycles. The molecule has 3 rings (SSSR count). The van der Waals surface area contributed by atoms with Crippen molar-refractivity contribution in [1.29, 1.82) is 0 Å². The van der Waals surface area contributed by atoms with Gasteiger partial charge in [0.2, 0.25) is 0 Å². The number of hydrogen-bond donors (Lipinski definition) is 1. The van der Waals surface area contributed by atoms with Gasteiger partial charge in [0.15, 0.2) is 0 Å². The summed E-state index contributed by atoms with van der Waals surface area (Å²) in [5.41, 5.74) is 2.85. The van der Waals surface area contributed by atoms with Crippen molar-refractivity contribution in [3.63, 3.8) is 0 Å². The van der Waals surface area contributed by atoms with E-state index < -0.39 is 5.97 Å². The fraction of sp³-hybridized carbons (Fsp3) is 0. The van der Waals surface area contributed by atoms with Gasteiger partial charge >= 0.3 is 5.97 Å². The molecule has 0 aromatic heterocycles. The predicted octanol–water partition coefficient (Wildman–Crippen LogP) is 2.63. The number of allylic oxidation sites excluding steroid dienone is 2. The first-order chi connectivity index (χ1) is 8.75. The van der Waals surface area contributed by atoms with Crippen LogP contribution in [0.1, 0.15) is 0 Å². The van der Waals surface area contributed by atoms with E-state index in [9.17, 15) is 4.79 Å². The van der Waals surface area contributed by atoms with Gasteiger partial charge in [0.25, 0.3) is 0 Å². The summed E-state index contributed by atoms with van der Waals surface area (Å²) in [7, 11) is 0. The van der Waals surface area contributed by atoms with Crippen LogP contribution in [0.3, 0.4) is 0 Å². The number of nitrogens with zero attached hydrogens (tertiary/aromatic N) is 2. The van der Waals surface area contributed by atoms with Crippen LogP contribution in [-0.4, -0.2) is 17.3 Å². The maximum Gasteiger partial charge on any atom is 0.337 e. The molecule has 1 N–H and O–H groups in total. The number of carboxylic acids is 1. The zero-order valence-corrected chi connectivity index (χ0v) is 9.45. The maximum absolute atomic E-state index is 11.0. The lowest BCUT2D eigenvalue weighted by molar-refractivity contribution is -0.132. The Labute approximate surface area is 104 Å². The molecule has 88 valence electrons. The number of rotatable bonds is 1. The molecule has 1 aromatic rings. The number of fused-ring (bicyclic) bond motifs is 3. The summed E-state index contributed by atoms with van der Waals surface area (Å²) in [4.78, 5) is 17.2. The maximum atomic E-state index is 11.0. The van der Waals surface area contributed by atoms with Gasteiger partial charge in [-0.15, -0.1) is 0 Å². The molecular formula is C14H10N2O2. The Bertz CT molecular complexity index is 639. The third-order valence-electron chi connectivity index (χ3n) is 2.83. The van der Waals surface area contributed by atoms with Gasteiger partial charge < -0.3 is 10.0 Å². The number of para-hydroxylation sites is 2. The minimum Gasteiger partial charge on any atom is -0.478 e. The van der Waals surface area contributed by atoms with Crippen molar-refractivity contribution in [3.8, 4) is 0 Å². The molecule has 0 atom stereocenters. The van der Waals surface area contributed by atoms with Gasteiger partial charge in [0.1, 0.15) is 0 Å². The highest BCUT2D eigenvalue weighted by molar-refractivity contribution is 5.94. The molecule has 0 amide bonds. The van der Waals surface area contributed by atoms with E-state index in [1.165, 1.54) is 0 Å². The van der Waals surface area contributed by atoms with Crippen LogP contribution < -0.4 is 4.90 Å². The highest BCUT2D eigenvalue weighted by Gasteiger charge is 2.19. The quantitative estimate of drug-likeness (QED) is 0.818. The van der Waals surface area contributed by atoms with E-state index in [-0.39, 0.29) is 5.57 Å². The standard InChI is InChI=1S/C14H10N2O2/c17-14(18)10-5-6-11-7-8-15-12-3-1-2-4-13(12)16(11)9-10/h1-9H,(H,17,18). The number of carbonyl (C=O) groups is 1. The van der Waals surface area contributed by atoms with Gasteiger partial charge in [0.05, 0.1) is 16.9 Å². The van der Waals surface area contributed by atoms with Crippen LogP contribution in [0.25, 0.3) is 0 Å². The van der Waals surface area contributed by atoms with E-state index in [4.69, 9.17) is 5.11 Å². The Balaban J connectivity index is 2.16. The second kappa shape index (κ2) is 4.00. The summed E-state index contributed by atoms with van der Waals surface area (Å²) in [6, 6.07) is 7.63. The molecular weight excluding hydrogens is 228 g/mol. The average molecular weight is 238 g/mol. The summed E-state index contributed by atoms with van der Waals surface area (Å²) >= 11 is 0. The molecule has 0 spiro atoms. The minimum absolute atomic E-state index is 0.254. The predicted molar refractivity (Wildman–Crippen MR) is 70.0 cm³/mol. The van der Waals surface area contributed by atoms with Crippen LogP contribution in [0.4, 0.5) is 11.4 Å². The average Bonchev–Trinajstić information content (AvgIpc) is 2.57. The Hall–Kier alpha value is -2.62. The molecule has 0 fully saturated rings. The molecule has 0 unspecified atom stereocenters. The highest BCUT2D eigenvalue weighted by atomic mass is 16.4. The summed E-state index contributed by atoms with van der Waals surface area (Å²) in [6.07, 6.45) is 8.55. The van der Waals surface area contributed by atoms with E-state index in [0.29, 0.717) is 0 Å². The van der Waals surface area contributed by atoms with Gasteiger partial charge in [-0.25, -0.2) is 4.79 Å². The van der Waals surface area contributed by atoms with Gasteiger partial charge in [-0.2, -0.15) is 0 Å². The van der Waals surface area contributed by atoms with E-state index in [2.05, 4.69) is 4.99 Å². The largest absolute Gasteiger partial charge is 0.478 e. The van der Waals surface area contributed by atoms with Crippen LogP contribution in [0.15, 0.2) is 65.0 Å². The van der Waals surface area contributed by atoms with Gasteiger partial charge in [-0.1, -0.05) is 12.1 Å². The molecule has 4 heteroatoms. The van der Waals surface area contributed by atoms with E-state index in [0.717, 1.165) is 17.1 Å². The third kappa shape index (κ3) is 1.64. The summed E-state index contributed by atoms with van der Waals surface area (Å²) in [5.74, 6) is -0.937. The zero-order chi connectivity index (χ0) is 12.5. The van der Waals surface area contributed by atoms with Crippen molar-refractivity contribution < 1.29 is 9.90 Å². The first-order valence-corrected chi connectivity index (χ1v) is 5.51. The summed E-state index contributed by atoms with van der Waals surface area (Å²) in [6.45, 7) is 0. The van der Waals surface area contributed by atoms with E-state index in [1.807, 2.05) is 35.2 Å². The zero-order valence-electron chi connectivity index (χ0n) is 9.45. The number of carboxylic acid groups (broad SMARTS) is 1. The lowest BCUT2D eigenvalue weighted by Crippen LogP contribution is -2.19. The van der Waals surface area contributed by atoms with Gasteiger partial charge in [-0.3, -0.25) is 4.99 Å². The molecule has 0 saturated carbocycles. The molecule has 0 radical (unpaired) electrons. The van der Waals surface area contributed by atoms with Crippen molar-refractivity contribution in [2.24, 2.45) is 4.99 Å². The Morgan fingerprint density at radius 2 is 2.06 bits per heavy atom. The van der Waals surface area contributed by atoms with Crippen LogP contribution >= 0.6 is 0 Å². The molecule has 18 heavy (non-hydrogen) atoms. The van der Waals surface area contributed by atoms with Crippen molar-refractivity contribution >= 4 is 23.6 Å². The second-order valence-corrected chi connectivity index (χ2v) is 3.95. The number of aliphatic carboxylic acids is 1. The number of aliphatic imine (C=N–C) groups is 1. The summed E-state index contributed by atoms with van der Waals surface area (Å²) in [5, 5.41) is 9.05. The topological polar surface area (TPSA) is 52.9 Å². The molecule has 0 saturated heterocycles. The monoisotopic (exact) mass is 238 g/mol. The van der Waals surface area contributed by atoms with Crippen molar-refractivity contribution in [2.75, 3.05) is 4.90 Å². The first-order valence-electron chi connectivity index (χ1n) is 5.51. The van der Waals surface area contributed by atoms with Gasteiger partial charge in [-0.05, 0) is 30.4 Å². The van der Waals surface area contributed by atoms with Crippen molar-refractivity contribution in [1.82, 2.24) is 0 Å². The third-order valence-corrected chi connectivity index (χ3v) is 2.83. The molecule has 2 aliphatic rings. The molecule has 0 bridgehead atoms. The Morgan fingerprint density at radius 3 is 2.89 bits per heavy atom. The Kier molecular flexibility index (Phi) is 2.34. The molecule has 2 heterocycles. The Morgan fingerprint density at radius 1 is 1.22 bits per heavy atom. The van der Waals surface area contributed by atoms with Crippen LogP contribution in [0, 0.1) is 0 Å². The second-order valence-electron chi connectivity index (χ2n) is 3.95. The lowest BCUT2D eigenvalue weighted by atomic mass is 10.1. The lowest BCUT2D eigenvalue weighted by Gasteiger charge is -2.25. The van der Waals surface area contributed by atoms with Crippen LogP contribution in [-0.2, 0) is 4.79 Å². The summed E-state index contributed by atoms with van der Waals surface area (Å²) < 4.78 is 0. The van der Waals surface area contributed by atoms with Crippen molar-refractivity contribution in [2.45, 2.75) is 0 Å². The normalized spacial score (nSPS) is 16.3. The fourth-order valence-corrected chi connectivity index (χ4v) is 1.95. The number of benzene rings is 1. The van der Waals surface area contributed by atoms with Crippen LogP contribution in [0.5, 0.6) is 0 Å². The molecule has 4 nitrogen and oxygen atoms in total.